The Kier molecular flexibility index (Phi) is 6.45. The van der Waals surface area contributed by atoms with Crippen molar-refractivity contribution in [1.29, 1.82) is 5.41 Å². The van der Waals surface area contributed by atoms with Gasteiger partial charge in [0.2, 0.25) is 5.91 Å². The molecule has 4 aromatic rings. The first kappa shape index (κ1) is 22.4. The Balaban J connectivity index is 1.55. The molecule has 0 saturated heterocycles. The Morgan fingerprint density at radius 2 is 1.71 bits per heavy atom. The van der Waals surface area contributed by atoms with Crippen molar-refractivity contribution in [2.45, 2.75) is 13.1 Å². The minimum atomic E-state index is -0.531. The van der Waals surface area contributed by atoms with Gasteiger partial charge < -0.3 is 16.4 Å². The number of nitrogens with one attached hydrogen (secondary N) is 3. The quantitative estimate of drug-likeness (QED) is 0.250. The molecule has 4 rings (SSSR count). The molecule has 2 aromatic heterocycles. The lowest BCUT2D eigenvalue weighted by atomic mass is 10.1. The summed E-state index contributed by atoms with van der Waals surface area (Å²) in [5, 5.41) is 13.5. The van der Waals surface area contributed by atoms with Crippen molar-refractivity contribution < 1.29 is 9.59 Å². The molecule has 5 N–H and O–H groups in total. The van der Waals surface area contributed by atoms with Gasteiger partial charge in [0.15, 0.2) is 0 Å². The molecule has 34 heavy (non-hydrogen) atoms. The third kappa shape index (κ3) is 4.99. The van der Waals surface area contributed by atoms with Gasteiger partial charge in [0.05, 0.1) is 0 Å². The van der Waals surface area contributed by atoms with E-state index in [0.29, 0.717) is 22.2 Å². The summed E-state index contributed by atoms with van der Waals surface area (Å²) >= 11 is 0. The number of benzene rings is 2. The summed E-state index contributed by atoms with van der Waals surface area (Å²) in [6.45, 7) is -0.0332. The Morgan fingerprint density at radius 3 is 2.41 bits per heavy atom. The predicted molar refractivity (Wildman–Crippen MR) is 130 cm³/mol. The molecule has 0 atom stereocenters. The minimum Gasteiger partial charge on any atom is -0.384 e. The van der Waals surface area contributed by atoms with Crippen molar-refractivity contribution in [3.63, 3.8) is 0 Å². The number of amidine groups is 1. The van der Waals surface area contributed by atoms with E-state index in [1.54, 1.807) is 72.8 Å². The van der Waals surface area contributed by atoms with Crippen LogP contribution in [0.1, 0.15) is 21.5 Å². The van der Waals surface area contributed by atoms with Crippen LogP contribution in [0, 0.1) is 5.41 Å². The Labute approximate surface area is 194 Å². The number of amides is 2. The second-order valence-corrected chi connectivity index (χ2v) is 7.57. The molecule has 0 saturated carbocycles. The van der Waals surface area contributed by atoms with Gasteiger partial charge in [0.1, 0.15) is 23.7 Å². The van der Waals surface area contributed by atoms with E-state index in [0.717, 1.165) is 5.56 Å². The first-order chi connectivity index (χ1) is 16.4. The zero-order valence-corrected chi connectivity index (χ0v) is 18.1. The molecule has 0 radical (unpaired) electrons. The number of carbonyl (C=O) groups excluding carboxylic acids is 2. The minimum absolute atomic E-state index is 0.0337. The molecule has 0 bridgehead atoms. The van der Waals surface area contributed by atoms with Crippen molar-refractivity contribution in [2.24, 2.45) is 5.73 Å². The fraction of sp³-hybridized carbons (Fsp3) is 0.0800. The van der Waals surface area contributed by atoms with Crippen LogP contribution < -0.4 is 21.9 Å². The highest BCUT2D eigenvalue weighted by Crippen LogP contribution is 2.15. The molecule has 0 aliphatic heterocycles. The third-order valence-electron chi connectivity index (χ3n) is 5.19. The van der Waals surface area contributed by atoms with Crippen LogP contribution in [0.5, 0.6) is 0 Å². The largest absolute Gasteiger partial charge is 0.384 e. The Hall–Kier alpha value is -4.79. The maximum absolute atomic E-state index is 13.2. The third-order valence-corrected chi connectivity index (χ3v) is 5.19. The summed E-state index contributed by atoms with van der Waals surface area (Å²) in [5.41, 5.74) is 7.14. The van der Waals surface area contributed by atoms with Gasteiger partial charge in [-0.3, -0.25) is 24.4 Å². The molecule has 2 heterocycles. The SMILES string of the molecule is N=C(N)c1ccc(CNC(=O)Cn2c(=O)c(NC(=O)c3ccccc3)cc3cccnc32)cc1. The molecule has 0 aliphatic carbocycles. The second kappa shape index (κ2) is 9.78. The number of nitrogens with zero attached hydrogens (tertiary/aromatic N) is 2. The van der Waals surface area contributed by atoms with Crippen molar-refractivity contribution in [3.8, 4) is 0 Å². The van der Waals surface area contributed by atoms with Crippen molar-refractivity contribution in [1.82, 2.24) is 14.9 Å². The van der Waals surface area contributed by atoms with E-state index >= 15 is 0 Å². The average Bonchev–Trinajstić information content (AvgIpc) is 2.86. The molecule has 0 fully saturated rings. The number of nitrogens with two attached hydrogens (primary N) is 1. The summed E-state index contributed by atoms with van der Waals surface area (Å²) < 4.78 is 1.24. The lowest BCUT2D eigenvalue weighted by molar-refractivity contribution is -0.121. The van der Waals surface area contributed by atoms with E-state index in [1.807, 2.05) is 0 Å². The molecule has 9 nitrogen and oxygen atoms in total. The number of nitrogen functional groups attached to an aromatic ring is 1. The Morgan fingerprint density at radius 1 is 0.971 bits per heavy atom. The number of anilines is 1. The zero-order chi connectivity index (χ0) is 24.1. The maximum atomic E-state index is 13.2. The van der Waals surface area contributed by atoms with Crippen LogP contribution in [-0.4, -0.2) is 27.2 Å². The summed E-state index contributed by atoms with van der Waals surface area (Å²) in [5.74, 6) is -0.851. The first-order valence-electron chi connectivity index (χ1n) is 10.5. The van der Waals surface area contributed by atoms with Crippen LogP contribution in [0.2, 0.25) is 0 Å². The number of carbonyl (C=O) groups is 2. The maximum Gasteiger partial charge on any atom is 0.276 e. The highest BCUT2D eigenvalue weighted by Gasteiger charge is 2.15. The van der Waals surface area contributed by atoms with Gasteiger partial charge >= 0.3 is 0 Å². The van der Waals surface area contributed by atoms with Crippen LogP contribution >= 0.6 is 0 Å². The first-order valence-corrected chi connectivity index (χ1v) is 10.5. The fourth-order valence-corrected chi connectivity index (χ4v) is 3.43. The van der Waals surface area contributed by atoms with Gasteiger partial charge in [-0.05, 0) is 35.9 Å². The molecule has 2 amide bonds. The van der Waals surface area contributed by atoms with Crippen molar-refractivity contribution in [3.05, 3.63) is 106 Å². The zero-order valence-electron chi connectivity index (χ0n) is 18.1. The number of pyridine rings is 2. The highest BCUT2D eigenvalue weighted by molar-refractivity contribution is 6.04. The van der Waals surface area contributed by atoms with Crippen LogP contribution in [-0.2, 0) is 17.9 Å². The molecule has 0 unspecified atom stereocenters. The number of rotatable bonds is 7. The molecular weight excluding hydrogens is 432 g/mol. The molecule has 170 valence electrons. The molecular formula is C25H22N6O3. The number of hydrogen-bond acceptors (Lipinski definition) is 5. The van der Waals surface area contributed by atoms with Gasteiger partial charge in [0, 0.05) is 29.3 Å². The molecule has 9 heteroatoms. The smallest absolute Gasteiger partial charge is 0.276 e. The lowest BCUT2D eigenvalue weighted by Crippen LogP contribution is -2.34. The fourth-order valence-electron chi connectivity index (χ4n) is 3.43. The van der Waals surface area contributed by atoms with E-state index in [-0.39, 0.29) is 24.6 Å². The molecule has 0 aliphatic rings. The van der Waals surface area contributed by atoms with E-state index in [4.69, 9.17) is 11.1 Å². The van der Waals surface area contributed by atoms with Crippen LogP contribution in [0.15, 0.2) is 83.8 Å². The number of hydrogen-bond donors (Lipinski definition) is 4. The molecule has 2 aromatic carbocycles. The average molecular weight is 454 g/mol. The van der Waals surface area contributed by atoms with E-state index < -0.39 is 17.4 Å². The van der Waals surface area contributed by atoms with Crippen LogP contribution in [0.4, 0.5) is 5.69 Å². The lowest BCUT2D eigenvalue weighted by Gasteiger charge is -2.13. The van der Waals surface area contributed by atoms with Gasteiger partial charge in [0.25, 0.3) is 11.5 Å². The van der Waals surface area contributed by atoms with Crippen molar-refractivity contribution in [2.75, 3.05) is 5.32 Å². The summed E-state index contributed by atoms with van der Waals surface area (Å²) in [7, 11) is 0. The topological polar surface area (TPSA) is 143 Å². The normalized spacial score (nSPS) is 10.6. The number of fused-ring (bicyclic) bond motifs is 1. The van der Waals surface area contributed by atoms with E-state index in [1.165, 1.54) is 10.8 Å². The Bertz CT molecular complexity index is 1430. The van der Waals surface area contributed by atoms with Gasteiger partial charge in [-0.15, -0.1) is 0 Å². The van der Waals surface area contributed by atoms with Gasteiger partial charge in [-0.25, -0.2) is 4.98 Å². The van der Waals surface area contributed by atoms with E-state index in [2.05, 4.69) is 15.6 Å². The standard InChI is InChI=1S/C25H22N6O3/c26-22(27)17-10-8-16(9-11-17)14-29-21(32)15-31-23-19(7-4-12-28-23)13-20(25(31)34)30-24(33)18-5-2-1-3-6-18/h1-13H,14-15H2,(H3,26,27)(H,29,32)(H,30,33). The summed E-state index contributed by atoms with van der Waals surface area (Å²) in [4.78, 5) is 42.7. The number of aromatic nitrogens is 2. The van der Waals surface area contributed by atoms with Crippen LogP contribution in [0.25, 0.3) is 11.0 Å². The predicted octanol–water partition coefficient (Wildman–Crippen LogP) is 2.25. The summed E-state index contributed by atoms with van der Waals surface area (Å²) in [6, 6.07) is 20.5. The monoisotopic (exact) mass is 454 g/mol. The van der Waals surface area contributed by atoms with E-state index in [9.17, 15) is 14.4 Å². The second-order valence-electron chi connectivity index (χ2n) is 7.57. The highest BCUT2D eigenvalue weighted by atomic mass is 16.2. The van der Waals surface area contributed by atoms with Gasteiger partial charge in [-0.1, -0.05) is 42.5 Å². The van der Waals surface area contributed by atoms with Gasteiger partial charge in [-0.2, -0.15) is 0 Å². The summed E-state index contributed by atoms with van der Waals surface area (Å²) in [6.07, 6.45) is 1.54. The van der Waals surface area contributed by atoms with Crippen molar-refractivity contribution >= 4 is 34.4 Å². The molecule has 0 spiro atoms. The van der Waals surface area contributed by atoms with Crippen LogP contribution in [0.3, 0.4) is 0 Å².